The zero-order valence-electron chi connectivity index (χ0n) is 5.94. The molecule has 1 rings (SSSR count). The third kappa shape index (κ3) is 1.37. The fraction of sp³-hybridized carbons (Fsp3) is 0.714. The minimum absolute atomic E-state index is 0.704. The van der Waals surface area contributed by atoms with Gasteiger partial charge in [0, 0.05) is 6.42 Å². The summed E-state index contributed by atoms with van der Waals surface area (Å²) in [5, 5.41) is 0. The van der Waals surface area contributed by atoms with Crippen molar-refractivity contribution in [2.24, 2.45) is 0 Å². The molecule has 0 aliphatic carbocycles. The molecule has 0 atom stereocenters. The molecule has 1 heterocycles. The normalized spacial score (nSPS) is 18.9. The van der Waals surface area contributed by atoms with Gasteiger partial charge in [0.15, 0.2) is 0 Å². The lowest BCUT2D eigenvalue weighted by atomic mass is 10.3. The maximum Gasteiger partial charge on any atom is 0.133 e. The molecule has 2 heteroatoms. The van der Waals surface area contributed by atoms with Gasteiger partial charge in [-0.15, -0.1) is 0 Å². The molecule has 9 heavy (non-hydrogen) atoms. The summed E-state index contributed by atoms with van der Waals surface area (Å²) in [6.45, 7) is 5.42. The van der Waals surface area contributed by atoms with E-state index in [1.807, 2.05) is 6.92 Å². The molecule has 0 amide bonds. The van der Waals surface area contributed by atoms with Crippen LogP contribution in [0.4, 0.5) is 0 Å². The Morgan fingerprint density at radius 1 is 1.33 bits per heavy atom. The fourth-order valence-electron chi connectivity index (χ4n) is 0.893. The lowest BCUT2D eigenvalue weighted by Crippen LogP contribution is -2.11. The first-order valence-electron chi connectivity index (χ1n) is 3.30. The van der Waals surface area contributed by atoms with E-state index in [1.54, 1.807) is 0 Å². The Morgan fingerprint density at radius 2 is 2.00 bits per heavy atom. The van der Waals surface area contributed by atoms with Crippen molar-refractivity contribution in [1.82, 2.24) is 0 Å². The molecule has 1 aliphatic rings. The van der Waals surface area contributed by atoms with Gasteiger partial charge in [-0.25, -0.2) is 0 Å². The van der Waals surface area contributed by atoms with E-state index in [4.69, 9.17) is 9.47 Å². The summed E-state index contributed by atoms with van der Waals surface area (Å²) in [5.74, 6) is 1.95. The quantitative estimate of drug-likeness (QED) is 0.535. The van der Waals surface area contributed by atoms with E-state index >= 15 is 0 Å². The molecule has 0 aromatic carbocycles. The van der Waals surface area contributed by atoms with Crippen LogP contribution in [0.2, 0.25) is 0 Å². The maximum absolute atomic E-state index is 5.29. The van der Waals surface area contributed by atoms with Crippen molar-refractivity contribution in [2.75, 3.05) is 13.2 Å². The fourth-order valence-corrected chi connectivity index (χ4v) is 0.893. The number of rotatable bonds is 1. The summed E-state index contributed by atoms with van der Waals surface area (Å²) < 4.78 is 10.5. The molecular weight excluding hydrogens is 116 g/mol. The summed E-state index contributed by atoms with van der Waals surface area (Å²) in [6, 6.07) is 0. The molecule has 0 fully saturated rings. The van der Waals surface area contributed by atoms with Crippen LogP contribution in [0.5, 0.6) is 0 Å². The third-order valence-electron chi connectivity index (χ3n) is 1.39. The highest BCUT2D eigenvalue weighted by Gasteiger charge is 2.07. The number of ether oxygens (including phenoxy) is 2. The second-order valence-corrected chi connectivity index (χ2v) is 2.03. The van der Waals surface area contributed by atoms with Gasteiger partial charge in [0.05, 0.1) is 0 Å². The van der Waals surface area contributed by atoms with Gasteiger partial charge in [0.1, 0.15) is 24.7 Å². The zero-order valence-corrected chi connectivity index (χ0v) is 5.94. The first kappa shape index (κ1) is 6.46. The Balaban J connectivity index is 2.59. The molecule has 0 unspecified atom stereocenters. The van der Waals surface area contributed by atoms with Crippen LogP contribution in [0.3, 0.4) is 0 Å². The number of hydrogen-bond acceptors (Lipinski definition) is 2. The van der Waals surface area contributed by atoms with Crippen molar-refractivity contribution in [1.29, 1.82) is 0 Å². The summed E-state index contributed by atoms with van der Waals surface area (Å²) in [5.41, 5.74) is 0. The van der Waals surface area contributed by atoms with Crippen molar-refractivity contribution in [3.8, 4) is 0 Å². The second kappa shape index (κ2) is 2.76. The van der Waals surface area contributed by atoms with Gasteiger partial charge in [-0.05, 0) is 6.92 Å². The Labute approximate surface area is 55.5 Å². The van der Waals surface area contributed by atoms with E-state index < -0.39 is 0 Å². The van der Waals surface area contributed by atoms with E-state index in [0.29, 0.717) is 13.2 Å². The molecule has 1 aliphatic heterocycles. The van der Waals surface area contributed by atoms with Gasteiger partial charge < -0.3 is 9.47 Å². The summed E-state index contributed by atoms with van der Waals surface area (Å²) in [6.07, 6.45) is 0.936. The third-order valence-corrected chi connectivity index (χ3v) is 1.39. The zero-order chi connectivity index (χ0) is 6.69. The highest BCUT2D eigenvalue weighted by atomic mass is 16.6. The van der Waals surface area contributed by atoms with Crippen LogP contribution in [0.1, 0.15) is 20.3 Å². The Hall–Kier alpha value is -0.660. The van der Waals surface area contributed by atoms with Crippen molar-refractivity contribution in [3.63, 3.8) is 0 Å². The maximum atomic E-state index is 5.29. The smallest absolute Gasteiger partial charge is 0.133 e. The largest absolute Gasteiger partial charge is 0.491 e. The summed E-state index contributed by atoms with van der Waals surface area (Å²) in [4.78, 5) is 0. The molecule has 0 saturated heterocycles. The molecule has 0 aromatic rings. The van der Waals surface area contributed by atoms with Crippen molar-refractivity contribution < 1.29 is 9.47 Å². The molecular formula is C7H12O2. The molecule has 0 bridgehead atoms. The SMILES string of the molecule is CCC1=C(C)OCCO1. The van der Waals surface area contributed by atoms with E-state index in [1.165, 1.54) is 0 Å². The van der Waals surface area contributed by atoms with E-state index in [0.717, 1.165) is 17.9 Å². The summed E-state index contributed by atoms with van der Waals surface area (Å²) >= 11 is 0. The van der Waals surface area contributed by atoms with Crippen LogP contribution in [-0.2, 0) is 9.47 Å². The molecule has 0 spiro atoms. The Morgan fingerprint density at radius 3 is 2.44 bits per heavy atom. The number of allylic oxidation sites excluding steroid dienone is 2. The monoisotopic (exact) mass is 128 g/mol. The first-order valence-corrected chi connectivity index (χ1v) is 3.30. The Bertz CT molecular complexity index is 127. The predicted molar refractivity (Wildman–Crippen MR) is 34.9 cm³/mol. The lowest BCUT2D eigenvalue weighted by molar-refractivity contribution is 0.0598. The Kier molecular flexibility index (Phi) is 1.98. The van der Waals surface area contributed by atoms with Crippen LogP contribution >= 0.6 is 0 Å². The van der Waals surface area contributed by atoms with Crippen molar-refractivity contribution in [2.45, 2.75) is 20.3 Å². The summed E-state index contributed by atoms with van der Waals surface area (Å²) in [7, 11) is 0. The predicted octanol–water partition coefficient (Wildman–Crippen LogP) is 1.67. The second-order valence-electron chi connectivity index (χ2n) is 2.03. The van der Waals surface area contributed by atoms with Crippen LogP contribution in [-0.4, -0.2) is 13.2 Å². The number of hydrogen-bond donors (Lipinski definition) is 0. The molecule has 0 radical (unpaired) electrons. The highest BCUT2D eigenvalue weighted by Crippen LogP contribution is 2.14. The van der Waals surface area contributed by atoms with Crippen molar-refractivity contribution in [3.05, 3.63) is 11.5 Å². The van der Waals surface area contributed by atoms with Gasteiger partial charge in [0.2, 0.25) is 0 Å². The highest BCUT2D eigenvalue weighted by molar-refractivity contribution is 4.99. The van der Waals surface area contributed by atoms with Gasteiger partial charge in [-0.2, -0.15) is 0 Å². The van der Waals surface area contributed by atoms with Gasteiger partial charge >= 0.3 is 0 Å². The van der Waals surface area contributed by atoms with Crippen LogP contribution in [0.25, 0.3) is 0 Å². The molecule has 2 nitrogen and oxygen atoms in total. The van der Waals surface area contributed by atoms with E-state index in [2.05, 4.69) is 6.92 Å². The first-order chi connectivity index (χ1) is 4.34. The standard InChI is InChI=1S/C7H12O2/c1-3-7-6(2)8-4-5-9-7/h3-5H2,1-2H3. The van der Waals surface area contributed by atoms with Gasteiger partial charge in [-0.3, -0.25) is 0 Å². The topological polar surface area (TPSA) is 18.5 Å². The van der Waals surface area contributed by atoms with Crippen molar-refractivity contribution >= 4 is 0 Å². The van der Waals surface area contributed by atoms with E-state index in [9.17, 15) is 0 Å². The van der Waals surface area contributed by atoms with E-state index in [-0.39, 0.29) is 0 Å². The van der Waals surface area contributed by atoms with Gasteiger partial charge in [-0.1, -0.05) is 6.92 Å². The molecule has 52 valence electrons. The van der Waals surface area contributed by atoms with Crippen LogP contribution < -0.4 is 0 Å². The van der Waals surface area contributed by atoms with Crippen LogP contribution in [0.15, 0.2) is 11.5 Å². The average Bonchev–Trinajstić information content (AvgIpc) is 1.89. The molecule has 0 N–H and O–H groups in total. The molecule has 0 aromatic heterocycles. The average molecular weight is 128 g/mol. The minimum Gasteiger partial charge on any atom is -0.491 e. The minimum atomic E-state index is 0.704. The van der Waals surface area contributed by atoms with Gasteiger partial charge in [0.25, 0.3) is 0 Å². The molecule has 0 saturated carbocycles. The lowest BCUT2D eigenvalue weighted by Gasteiger charge is -2.18. The van der Waals surface area contributed by atoms with Crippen LogP contribution in [0, 0.1) is 0 Å².